The number of fused-ring (bicyclic) bond motifs is 1. The molecule has 0 saturated carbocycles. The molecule has 5 nitrogen and oxygen atoms in total. The fourth-order valence-corrected chi connectivity index (χ4v) is 5.23. The van der Waals surface area contributed by atoms with Crippen LogP contribution in [0.2, 0.25) is 0 Å². The van der Waals surface area contributed by atoms with E-state index >= 15 is 0 Å². The van der Waals surface area contributed by atoms with E-state index in [1.165, 1.54) is 16.4 Å². The van der Waals surface area contributed by atoms with Crippen LogP contribution in [0.15, 0.2) is 71.6 Å². The van der Waals surface area contributed by atoms with Gasteiger partial charge in [-0.1, -0.05) is 24.3 Å². The minimum absolute atomic E-state index is 0.0285. The van der Waals surface area contributed by atoms with Crippen LogP contribution in [-0.4, -0.2) is 20.7 Å². The molecule has 156 valence electrons. The van der Waals surface area contributed by atoms with Crippen LogP contribution in [0, 0.1) is 17.1 Å². The van der Waals surface area contributed by atoms with E-state index in [0.717, 1.165) is 24.1 Å². The molecule has 0 radical (unpaired) electrons. The Hall–Kier alpha value is -3.50. The molecule has 0 fully saturated rings. The van der Waals surface area contributed by atoms with E-state index in [-0.39, 0.29) is 17.1 Å². The third-order valence-electron chi connectivity index (χ3n) is 5.33. The molecule has 3 aromatic carbocycles. The van der Waals surface area contributed by atoms with E-state index in [4.69, 9.17) is 5.26 Å². The van der Waals surface area contributed by atoms with Crippen molar-refractivity contribution in [3.8, 4) is 6.07 Å². The van der Waals surface area contributed by atoms with E-state index in [0.29, 0.717) is 35.3 Å². The van der Waals surface area contributed by atoms with E-state index in [2.05, 4.69) is 0 Å². The highest BCUT2D eigenvalue weighted by molar-refractivity contribution is 7.92. The quantitative estimate of drug-likeness (QED) is 0.562. The molecule has 1 aliphatic rings. The van der Waals surface area contributed by atoms with Crippen molar-refractivity contribution in [1.29, 1.82) is 5.26 Å². The second-order valence-electron chi connectivity index (χ2n) is 7.39. The highest BCUT2D eigenvalue weighted by atomic mass is 32.2. The molecule has 0 amide bonds. The van der Waals surface area contributed by atoms with Gasteiger partial charge in [0.25, 0.3) is 10.0 Å². The average Bonchev–Trinajstić information content (AvgIpc) is 2.79. The maximum absolute atomic E-state index is 13.3. The first-order valence-electron chi connectivity index (χ1n) is 9.82. The Morgan fingerprint density at radius 2 is 1.74 bits per heavy atom. The molecule has 1 heterocycles. The van der Waals surface area contributed by atoms with Crippen molar-refractivity contribution in [3.05, 3.63) is 94.8 Å². The summed E-state index contributed by atoms with van der Waals surface area (Å²) in [7, 11) is -3.85. The van der Waals surface area contributed by atoms with Gasteiger partial charge in [-0.25, -0.2) is 12.8 Å². The molecule has 1 aliphatic heterocycles. The van der Waals surface area contributed by atoms with Gasteiger partial charge in [-0.2, -0.15) is 5.26 Å². The Balaban J connectivity index is 1.64. The lowest BCUT2D eigenvalue weighted by molar-refractivity contribution is 0.0993. The number of benzene rings is 3. The lowest BCUT2D eigenvalue weighted by atomic mass is 9.97. The van der Waals surface area contributed by atoms with Crippen molar-refractivity contribution in [1.82, 2.24) is 0 Å². The summed E-state index contributed by atoms with van der Waals surface area (Å²) >= 11 is 0. The Labute approximate surface area is 180 Å². The van der Waals surface area contributed by atoms with Crippen molar-refractivity contribution < 1.29 is 17.6 Å². The normalized spacial score (nSPS) is 13.4. The van der Waals surface area contributed by atoms with Crippen LogP contribution in [0.25, 0.3) is 0 Å². The predicted octanol–water partition coefficient (Wildman–Crippen LogP) is 4.26. The summed E-state index contributed by atoms with van der Waals surface area (Å²) in [6.45, 7) is 0.319. The van der Waals surface area contributed by atoms with E-state index in [1.807, 2.05) is 18.2 Å². The summed E-state index contributed by atoms with van der Waals surface area (Å²) in [5, 5.41) is 8.89. The largest absolute Gasteiger partial charge is 0.294 e. The van der Waals surface area contributed by atoms with E-state index in [9.17, 15) is 17.6 Å². The average molecular weight is 434 g/mol. The minimum Gasteiger partial charge on any atom is -0.294 e. The van der Waals surface area contributed by atoms with Crippen LogP contribution in [-0.2, 0) is 22.9 Å². The number of nitriles is 1. The van der Waals surface area contributed by atoms with Crippen molar-refractivity contribution in [3.63, 3.8) is 0 Å². The van der Waals surface area contributed by atoms with Gasteiger partial charge in [-0.3, -0.25) is 9.10 Å². The van der Waals surface area contributed by atoms with Crippen LogP contribution in [0.1, 0.15) is 33.5 Å². The monoisotopic (exact) mass is 434 g/mol. The number of sulfonamides is 1. The molecule has 0 aliphatic carbocycles. The van der Waals surface area contributed by atoms with Crippen LogP contribution in [0.4, 0.5) is 10.1 Å². The zero-order chi connectivity index (χ0) is 22.0. The van der Waals surface area contributed by atoms with E-state index < -0.39 is 15.8 Å². The maximum Gasteiger partial charge on any atom is 0.264 e. The first-order chi connectivity index (χ1) is 14.9. The molecule has 0 saturated heterocycles. The van der Waals surface area contributed by atoms with Gasteiger partial charge in [0.1, 0.15) is 5.82 Å². The lowest BCUT2D eigenvalue weighted by Crippen LogP contribution is -2.35. The fraction of sp³-hybridized carbons (Fsp3) is 0.167. The number of carbonyl (C=O) groups is 1. The summed E-state index contributed by atoms with van der Waals surface area (Å²) in [6, 6.07) is 18.7. The Morgan fingerprint density at radius 3 is 2.42 bits per heavy atom. The molecular formula is C24H19FN2O3S. The topological polar surface area (TPSA) is 78.2 Å². The van der Waals surface area contributed by atoms with Gasteiger partial charge in [-0.05, 0) is 66.4 Å². The number of hydrogen-bond acceptors (Lipinski definition) is 4. The number of halogens is 1. The van der Waals surface area contributed by atoms with Gasteiger partial charge in [0.2, 0.25) is 0 Å². The highest BCUT2D eigenvalue weighted by Crippen LogP contribution is 2.33. The molecule has 31 heavy (non-hydrogen) atoms. The molecule has 0 spiro atoms. The Morgan fingerprint density at radius 1 is 1.03 bits per heavy atom. The fourth-order valence-electron chi connectivity index (χ4n) is 3.70. The molecule has 0 unspecified atom stereocenters. The summed E-state index contributed by atoms with van der Waals surface area (Å²) in [5.41, 5.74) is 3.13. The number of anilines is 1. The number of Topliss-reactive ketones (excluding diaryl/α,β-unsaturated/α-hetero) is 1. The smallest absolute Gasteiger partial charge is 0.264 e. The number of aryl methyl sites for hydroxylation is 1. The summed E-state index contributed by atoms with van der Waals surface area (Å²) in [6.07, 6.45) is 1.54. The minimum atomic E-state index is -3.85. The molecule has 7 heteroatoms. The van der Waals surface area contributed by atoms with E-state index in [1.54, 1.807) is 30.3 Å². The molecule has 0 N–H and O–H groups in total. The predicted molar refractivity (Wildman–Crippen MR) is 115 cm³/mol. The van der Waals surface area contributed by atoms with Crippen molar-refractivity contribution in [2.24, 2.45) is 0 Å². The van der Waals surface area contributed by atoms with Gasteiger partial charge in [0, 0.05) is 18.5 Å². The Kier molecular flexibility index (Phi) is 5.57. The molecule has 0 atom stereocenters. The third kappa shape index (κ3) is 4.21. The number of carbonyl (C=O) groups excluding carboxylic acids is 1. The van der Waals surface area contributed by atoms with Crippen LogP contribution >= 0.6 is 0 Å². The zero-order valence-electron chi connectivity index (χ0n) is 16.6. The van der Waals surface area contributed by atoms with Gasteiger partial charge in [0.05, 0.1) is 22.2 Å². The first-order valence-corrected chi connectivity index (χ1v) is 11.3. The zero-order valence-corrected chi connectivity index (χ0v) is 17.4. The van der Waals surface area contributed by atoms with Crippen LogP contribution in [0.3, 0.4) is 0 Å². The van der Waals surface area contributed by atoms with Crippen molar-refractivity contribution in [2.75, 3.05) is 10.8 Å². The van der Waals surface area contributed by atoms with Gasteiger partial charge < -0.3 is 0 Å². The second-order valence-corrected chi connectivity index (χ2v) is 9.25. The van der Waals surface area contributed by atoms with Crippen molar-refractivity contribution >= 4 is 21.5 Å². The number of rotatable bonds is 5. The SMILES string of the molecule is N#Cc1ccc(C(=O)Cc2ccc3c(c2)N(S(=O)(=O)c2ccc(F)cc2)CCC3)cc1. The third-order valence-corrected chi connectivity index (χ3v) is 7.16. The second kappa shape index (κ2) is 8.32. The van der Waals surface area contributed by atoms with Crippen molar-refractivity contribution in [2.45, 2.75) is 24.2 Å². The first kappa shape index (κ1) is 20.8. The van der Waals surface area contributed by atoms with Gasteiger partial charge in [0.15, 0.2) is 5.78 Å². The Bertz CT molecular complexity index is 1280. The molecule has 0 bridgehead atoms. The molecule has 0 aromatic heterocycles. The lowest BCUT2D eigenvalue weighted by Gasteiger charge is -2.31. The van der Waals surface area contributed by atoms with Gasteiger partial charge in [-0.15, -0.1) is 0 Å². The highest BCUT2D eigenvalue weighted by Gasteiger charge is 2.29. The number of nitrogens with zero attached hydrogens (tertiary/aromatic N) is 2. The summed E-state index contributed by atoms with van der Waals surface area (Å²) in [5.74, 6) is -0.616. The summed E-state index contributed by atoms with van der Waals surface area (Å²) in [4.78, 5) is 12.7. The standard InChI is InChI=1S/C24H19FN2O3S/c25-21-9-11-22(12-10-21)31(29,30)27-13-1-2-19-6-5-18(14-23(19)27)15-24(28)20-7-3-17(16-26)4-8-20/h3-12,14H,1-2,13,15H2. The van der Waals surface area contributed by atoms with Gasteiger partial charge >= 0.3 is 0 Å². The molecule has 4 rings (SSSR count). The van der Waals surface area contributed by atoms with Crippen LogP contribution < -0.4 is 4.31 Å². The summed E-state index contributed by atoms with van der Waals surface area (Å²) < 4.78 is 41.0. The molecular weight excluding hydrogens is 415 g/mol. The van der Waals surface area contributed by atoms with Crippen LogP contribution in [0.5, 0.6) is 0 Å². The number of hydrogen-bond donors (Lipinski definition) is 0. The maximum atomic E-state index is 13.3. The number of ketones is 1. The molecule has 3 aromatic rings.